The van der Waals surface area contributed by atoms with Crippen molar-refractivity contribution in [3.63, 3.8) is 0 Å². The molecule has 0 spiro atoms. The van der Waals surface area contributed by atoms with Crippen LogP contribution in [0.5, 0.6) is 5.75 Å². The summed E-state index contributed by atoms with van der Waals surface area (Å²) in [5.41, 5.74) is 0.739. The van der Waals surface area contributed by atoms with Gasteiger partial charge in [0.1, 0.15) is 5.75 Å². The van der Waals surface area contributed by atoms with E-state index in [0.717, 1.165) is 23.1 Å². The van der Waals surface area contributed by atoms with E-state index in [0.29, 0.717) is 0 Å². The number of aliphatic imine (C=N–C) groups is 1. The van der Waals surface area contributed by atoms with E-state index in [9.17, 15) is 5.11 Å². The van der Waals surface area contributed by atoms with Crippen molar-refractivity contribution in [1.82, 2.24) is 4.90 Å². The Labute approximate surface area is 98.6 Å². The minimum absolute atomic E-state index is 0.256. The van der Waals surface area contributed by atoms with E-state index in [2.05, 4.69) is 25.8 Å². The van der Waals surface area contributed by atoms with Crippen molar-refractivity contribution < 1.29 is 5.11 Å². The van der Waals surface area contributed by atoms with Gasteiger partial charge < -0.3 is 10.0 Å². The van der Waals surface area contributed by atoms with Crippen molar-refractivity contribution in [1.29, 1.82) is 0 Å². The van der Waals surface area contributed by atoms with Gasteiger partial charge in [-0.05, 0) is 32.3 Å². The number of hydrogen-bond donors (Lipinski definition) is 1. The molecule has 0 saturated heterocycles. The molecule has 0 atom stereocenters. The van der Waals surface area contributed by atoms with E-state index >= 15 is 0 Å². The minimum Gasteiger partial charge on any atom is -0.507 e. The predicted octanol–water partition coefficient (Wildman–Crippen LogP) is 2.14. The second-order valence-electron chi connectivity index (χ2n) is 3.54. The van der Waals surface area contributed by atoms with Crippen LogP contribution in [0.25, 0.3) is 0 Å². The van der Waals surface area contributed by atoms with Gasteiger partial charge in [-0.15, -0.1) is 0 Å². The highest BCUT2D eigenvalue weighted by Crippen LogP contribution is 2.19. The van der Waals surface area contributed by atoms with E-state index in [4.69, 9.17) is 0 Å². The molecule has 0 amide bonds. The molecule has 1 N–H and O–H groups in total. The number of phenolic OH excluding ortho intramolecular Hbond substituents is 1. The number of aromatic hydroxyl groups is 1. The summed E-state index contributed by atoms with van der Waals surface area (Å²) in [5.74, 6) is 0.256. The molecule has 0 unspecified atom stereocenters. The molecule has 3 nitrogen and oxygen atoms in total. The fourth-order valence-electron chi connectivity index (χ4n) is 1.05. The number of halogens is 1. The summed E-state index contributed by atoms with van der Waals surface area (Å²) in [6, 6.07) is 5.29. The molecule has 0 radical (unpaired) electrons. The fourth-order valence-corrected chi connectivity index (χ4v) is 1.43. The van der Waals surface area contributed by atoms with Crippen molar-refractivity contribution in [3.05, 3.63) is 28.2 Å². The van der Waals surface area contributed by atoms with E-state index in [1.807, 2.05) is 20.2 Å². The molecule has 15 heavy (non-hydrogen) atoms. The van der Waals surface area contributed by atoms with Gasteiger partial charge >= 0.3 is 0 Å². The number of phenols is 1. The fraction of sp³-hybridized carbons (Fsp3) is 0.364. The Morgan fingerprint density at radius 3 is 2.87 bits per heavy atom. The highest BCUT2D eigenvalue weighted by molar-refractivity contribution is 9.10. The van der Waals surface area contributed by atoms with Crippen LogP contribution in [-0.4, -0.2) is 43.4 Å². The summed E-state index contributed by atoms with van der Waals surface area (Å²) in [6.07, 6.45) is 1.70. The standard InChI is InChI=1S/C11H15BrN2O/c1-14(2)6-5-13-8-9-7-10(12)3-4-11(9)15/h3-4,7-8,15H,5-6H2,1-2H3. The van der Waals surface area contributed by atoms with Gasteiger partial charge in [-0.3, -0.25) is 4.99 Å². The molecule has 82 valence electrons. The maximum atomic E-state index is 9.52. The zero-order valence-electron chi connectivity index (χ0n) is 8.94. The Balaban J connectivity index is 2.59. The van der Waals surface area contributed by atoms with E-state index < -0.39 is 0 Å². The van der Waals surface area contributed by atoms with Crippen molar-refractivity contribution >= 4 is 22.1 Å². The second kappa shape index (κ2) is 5.88. The number of rotatable bonds is 4. The maximum absolute atomic E-state index is 9.52. The molecule has 1 rings (SSSR count). The third kappa shape index (κ3) is 4.44. The van der Waals surface area contributed by atoms with Crippen LogP contribution < -0.4 is 0 Å². The molecule has 0 aromatic heterocycles. The van der Waals surface area contributed by atoms with Crippen LogP contribution in [0.3, 0.4) is 0 Å². The SMILES string of the molecule is CN(C)CCN=Cc1cc(Br)ccc1O. The van der Waals surface area contributed by atoms with Gasteiger partial charge in [0.05, 0.1) is 6.54 Å². The first-order valence-electron chi connectivity index (χ1n) is 4.72. The van der Waals surface area contributed by atoms with Crippen molar-refractivity contribution in [2.24, 2.45) is 4.99 Å². The summed E-state index contributed by atoms with van der Waals surface area (Å²) in [6.45, 7) is 1.64. The molecule has 0 heterocycles. The topological polar surface area (TPSA) is 35.8 Å². The first-order chi connectivity index (χ1) is 7.09. The van der Waals surface area contributed by atoms with Crippen LogP contribution in [0.4, 0.5) is 0 Å². The lowest BCUT2D eigenvalue weighted by Gasteiger charge is -2.05. The molecular formula is C11H15BrN2O. The average Bonchev–Trinajstić information content (AvgIpc) is 2.17. The van der Waals surface area contributed by atoms with Gasteiger partial charge in [-0.1, -0.05) is 15.9 Å². The van der Waals surface area contributed by atoms with Crippen LogP contribution >= 0.6 is 15.9 Å². The van der Waals surface area contributed by atoms with Gasteiger partial charge in [-0.25, -0.2) is 0 Å². The summed E-state index contributed by atoms with van der Waals surface area (Å²) >= 11 is 3.35. The van der Waals surface area contributed by atoms with Gasteiger partial charge in [0.15, 0.2) is 0 Å². The summed E-state index contributed by atoms with van der Waals surface area (Å²) < 4.78 is 0.939. The monoisotopic (exact) mass is 270 g/mol. The Kier molecular flexibility index (Phi) is 4.78. The molecule has 1 aromatic carbocycles. The van der Waals surface area contributed by atoms with Crippen molar-refractivity contribution in [3.8, 4) is 5.75 Å². The normalized spacial score (nSPS) is 11.5. The number of hydrogen-bond acceptors (Lipinski definition) is 3. The van der Waals surface area contributed by atoms with Crippen LogP contribution in [0.1, 0.15) is 5.56 Å². The Morgan fingerprint density at radius 2 is 2.20 bits per heavy atom. The van der Waals surface area contributed by atoms with Gasteiger partial charge in [0.25, 0.3) is 0 Å². The zero-order valence-corrected chi connectivity index (χ0v) is 10.5. The zero-order chi connectivity index (χ0) is 11.3. The first-order valence-corrected chi connectivity index (χ1v) is 5.52. The van der Waals surface area contributed by atoms with Crippen LogP contribution in [-0.2, 0) is 0 Å². The molecule has 0 fully saturated rings. The summed E-state index contributed by atoms with van der Waals surface area (Å²) in [5, 5.41) is 9.52. The van der Waals surface area contributed by atoms with E-state index in [1.54, 1.807) is 18.3 Å². The second-order valence-corrected chi connectivity index (χ2v) is 4.46. The van der Waals surface area contributed by atoms with Crippen LogP contribution in [0.2, 0.25) is 0 Å². The maximum Gasteiger partial charge on any atom is 0.124 e. The Hall–Kier alpha value is -0.870. The highest BCUT2D eigenvalue weighted by atomic mass is 79.9. The van der Waals surface area contributed by atoms with Crippen LogP contribution in [0, 0.1) is 0 Å². The number of benzene rings is 1. The smallest absolute Gasteiger partial charge is 0.124 e. The third-order valence-corrected chi connectivity index (χ3v) is 2.39. The lowest BCUT2D eigenvalue weighted by molar-refractivity contribution is 0.421. The molecule has 1 aromatic rings. The molecule has 0 aliphatic heterocycles. The van der Waals surface area contributed by atoms with Crippen LogP contribution in [0.15, 0.2) is 27.7 Å². The Bertz CT molecular complexity index is 350. The quantitative estimate of drug-likeness (QED) is 0.852. The van der Waals surface area contributed by atoms with E-state index in [1.165, 1.54) is 0 Å². The summed E-state index contributed by atoms with van der Waals surface area (Å²) in [4.78, 5) is 6.30. The first kappa shape index (κ1) is 12.2. The molecule has 0 saturated carbocycles. The lowest BCUT2D eigenvalue weighted by atomic mass is 10.2. The molecule has 0 aliphatic carbocycles. The Morgan fingerprint density at radius 1 is 1.47 bits per heavy atom. The third-order valence-electron chi connectivity index (χ3n) is 1.90. The number of likely N-dealkylation sites (N-methyl/N-ethyl adjacent to an activating group) is 1. The average molecular weight is 271 g/mol. The highest BCUT2D eigenvalue weighted by Gasteiger charge is 1.97. The number of nitrogens with zero attached hydrogens (tertiary/aromatic N) is 2. The van der Waals surface area contributed by atoms with E-state index in [-0.39, 0.29) is 5.75 Å². The molecule has 0 aliphatic rings. The van der Waals surface area contributed by atoms with Gasteiger partial charge in [-0.2, -0.15) is 0 Å². The minimum atomic E-state index is 0.256. The predicted molar refractivity (Wildman–Crippen MR) is 66.8 cm³/mol. The van der Waals surface area contributed by atoms with Gasteiger partial charge in [0, 0.05) is 22.8 Å². The largest absolute Gasteiger partial charge is 0.507 e. The summed E-state index contributed by atoms with van der Waals surface area (Å²) in [7, 11) is 4.01. The molecule has 4 heteroatoms. The molecule has 0 bridgehead atoms. The van der Waals surface area contributed by atoms with Gasteiger partial charge in [0.2, 0.25) is 0 Å². The van der Waals surface area contributed by atoms with Crippen molar-refractivity contribution in [2.75, 3.05) is 27.2 Å². The molecular weight excluding hydrogens is 256 g/mol. The lowest BCUT2D eigenvalue weighted by Crippen LogP contribution is -2.15. The van der Waals surface area contributed by atoms with Crippen molar-refractivity contribution in [2.45, 2.75) is 0 Å².